The molecule has 33 heavy (non-hydrogen) atoms. The molecule has 4 aromatic carbocycles. The van der Waals surface area contributed by atoms with Crippen molar-refractivity contribution in [2.75, 3.05) is 0 Å². The molecule has 0 aromatic heterocycles. The minimum Gasteiger partial charge on any atom is -0.375 e. The zero-order valence-electron chi connectivity index (χ0n) is 17.1. The Morgan fingerprint density at radius 1 is 0.879 bits per heavy atom. The van der Waals surface area contributed by atoms with E-state index < -0.39 is 15.6 Å². The predicted octanol–water partition coefficient (Wildman–Crippen LogP) is 5.99. The molecule has 0 amide bonds. The second-order valence-electron chi connectivity index (χ2n) is 7.23. The molecule has 0 aliphatic rings. The van der Waals surface area contributed by atoms with Crippen LogP contribution >= 0.6 is 13.5 Å². The minimum atomic E-state index is -5.86. The van der Waals surface area contributed by atoms with Crippen molar-refractivity contribution in [3.63, 3.8) is 0 Å². The number of nitriles is 1. The molecule has 0 radical (unpaired) electrons. The maximum absolute atomic E-state index is 13.1. The Bertz CT molecular complexity index is 1460. The monoisotopic (exact) mass is 489 g/mol. The third kappa shape index (κ3) is 4.92. The summed E-state index contributed by atoms with van der Waals surface area (Å²) in [6.07, 6.45) is 0.979. The Morgan fingerprint density at radius 3 is 2.21 bits per heavy atom. The molecule has 170 valence electrons. The van der Waals surface area contributed by atoms with Gasteiger partial charge in [0.05, 0.1) is 11.6 Å². The van der Waals surface area contributed by atoms with Crippen molar-refractivity contribution in [1.29, 1.82) is 5.26 Å². The number of halogens is 3. The first kappa shape index (κ1) is 24.4. The van der Waals surface area contributed by atoms with Crippen LogP contribution < -0.4 is 4.18 Å². The van der Waals surface area contributed by atoms with E-state index in [1.165, 1.54) is 6.07 Å². The van der Waals surface area contributed by atoms with Gasteiger partial charge in [0.1, 0.15) is 0 Å². The molecular weight excluding hydrogens is 471 g/mol. The van der Waals surface area contributed by atoms with Crippen molar-refractivity contribution in [3.05, 3.63) is 89.5 Å². The van der Waals surface area contributed by atoms with Gasteiger partial charge in [0.25, 0.3) is 0 Å². The van der Waals surface area contributed by atoms with Crippen LogP contribution in [0.3, 0.4) is 0 Å². The Kier molecular flexibility index (Phi) is 6.91. The molecule has 0 unspecified atom stereocenters. The summed E-state index contributed by atoms with van der Waals surface area (Å²) in [7, 11) is -5.86. The van der Waals surface area contributed by atoms with E-state index in [4.69, 9.17) is 9.44 Å². The molecule has 0 fully saturated rings. The first-order chi connectivity index (χ1) is 15.2. The van der Waals surface area contributed by atoms with Gasteiger partial charge in [0.15, 0.2) is 5.75 Å². The van der Waals surface area contributed by atoms with E-state index in [1.807, 2.05) is 18.2 Å². The highest BCUT2D eigenvalue weighted by Crippen LogP contribution is 2.40. The van der Waals surface area contributed by atoms with Gasteiger partial charge in [0.2, 0.25) is 0 Å². The van der Waals surface area contributed by atoms with Crippen molar-refractivity contribution in [3.8, 4) is 11.8 Å². The largest absolute Gasteiger partial charge is 0.534 e. The van der Waals surface area contributed by atoms with E-state index in [9.17, 15) is 21.6 Å². The van der Waals surface area contributed by atoms with Gasteiger partial charge in [-0.2, -0.15) is 40.3 Å². The molecule has 4 nitrogen and oxygen atoms in total. The van der Waals surface area contributed by atoms with E-state index in [-0.39, 0.29) is 24.6 Å². The van der Waals surface area contributed by atoms with E-state index in [0.717, 1.165) is 5.56 Å². The van der Waals surface area contributed by atoms with Crippen LogP contribution in [0.15, 0.2) is 72.8 Å². The van der Waals surface area contributed by atoms with Crippen molar-refractivity contribution >= 4 is 45.2 Å². The summed E-state index contributed by atoms with van der Waals surface area (Å²) in [5, 5.41) is 10.7. The van der Waals surface area contributed by atoms with E-state index in [2.05, 4.69) is 0 Å². The molecule has 0 bridgehead atoms. The second kappa shape index (κ2) is 9.33. The summed E-state index contributed by atoms with van der Waals surface area (Å²) in [5.41, 5.74) is -3.43. The lowest BCUT2D eigenvalue weighted by Gasteiger charge is -2.16. The third-order valence-corrected chi connectivity index (χ3v) is 6.12. The Balaban J connectivity index is 0.00000306. The van der Waals surface area contributed by atoms with Gasteiger partial charge < -0.3 is 4.18 Å². The second-order valence-corrected chi connectivity index (χ2v) is 8.77. The van der Waals surface area contributed by atoms with Crippen LogP contribution in [0.1, 0.15) is 16.7 Å². The van der Waals surface area contributed by atoms with Crippen LogP contribution in [-0.4, -0.2) is 13.9 Å². The quantitative estimate of drug-likeness (QED) is 0.196. The SMILES string of the molecule is N#Cc1ccc(CCc2cccc3cc4ccccc4c(OS(=O)(=O)C(F)(F)F)c23)cc1.S. The standard InChI is InChI=1S/C24H16F3NO3S.H2S/c25-24(26,27)32(29,30)31-23-21-7-2-1-4-19(21)14-20-6-3-5-18(22(20)23)13-12-16-8-10-17(15-28)11-9-16;/h1-11,14H,12-13H2;1H2. The van der Waals surface area contributed by atoms with Crippen LogP contribution in [0.2, 0.25) is 0 Å². The number of aryl methyl sites for hydroxylation is 2. The highest BCUT2D eigenvalue weighted by Gasteiger charge is 2.49. The van der Waals surface area contributed by atoms with Gasteiger partial charge in [-0.05, 0) is 52.9 Å². The number of fused-ring (bicyclic) bond motifs is 2. The molecule has 0 N–H and O–H groups in total. The van der Waals surface area contributed by atoms with E-state index in [0.29, 0.717) is 40.1 Å². The minimum absolute atomic E-state index is 0. The molecule has 4 rings (SSSR count). The number of hydrogen-bond donors (Lipinski definition) is 0. The maximum Gasteiger partial charge on any atom is 0.534 e. The normalized spacial score (nSPS) is 11.7. The Hall–Kier alpha value is -3.22. The first-order valence-electron chi connectivity index (χ1n) is 9.63. The highest BCUT2D eigenvalue weighted by atomic mass is 32.2. The number of benzene rings is 4. The lowest BCUT2D eigenvalue weighted by Crippen LogP contribution is -2.28. The Labute approximate surface area is 195 Å². The van der Waals surface area contributed by atoms with E-state index in [1.54, 1.807) is 54.6 Å². The summed E-state index contributed by atoms with van der Waals surface area (Å²) in [5.74, 6) is -0.328. The molecule has 9 heteroatoms. The molecule has 4 aromatic rings. The van der Waals surface area contributed by atoms with Crippen molar-refractivity contribution in [1.82, 2.24) is 0 Å². The van der Waals surface area contributed by atoms with Gasteiger partial charge in [-0.15, -0.1) is 0 Å². The summed E-state index contributed by atoms with van der Waals surface area (Å²) in [6.45, 7) is 0. The summed E-state index contributed by atoms with van der Waals surface area (Å²) in [6, 6.07) is 22.6. The smallest absolute Gasteiger partial charge is 0.375 e. The van der Waals surface area contributed by atoms with Crippen molar-refractivity contribution < 1.29 is 25.8 Å². The van der Waals surface area contributed by atoms with Crippen molar-refractivity contribution in [2.45, 2.75) is 18.3 Å². The zero-order valence-corrected chi connectivity index (χ0v) is 18.9. The number of nitrogens with zero attached hydrogens (tertiary/aromatic N) is 1. The van der Waals surface area contributed by atoms with Crippen molar-refractivity contribution in [2.24, 2.45) is 0 Å². The zero-order chi connectivity index (χ0) is 22.9. The van der Waals surface area contributed by atoms with Crippen LogP contribution in [0.4, 0.5) is 13.2 Å². The van der Waals surface area contributed by atoms with E-state index >= 15 is 0 Å². The molecule has 0 atom stereocenters. The van der Waals surface area contributed by atoms with Crippen LogP contribution in [0.25, 0.3) is 21.5 Å². The lowest BCUT2D eigenvalue weighted by molar-refractivity contribution is -0.0499. The highest BCUT2D eigenvalue weighted by molar-refractivity contribution is 7.88. The average Bonchev–Trinajstić information content (AvgIpc) is 2.76. The number of rotatable bonds is 5. The van der Waals surface area contributed by atoms with Crippen LogP contribution in [0, 0.1) is 11.3 Å². The molecule has 0 saturated heterocycles. The van der Waals surface area contributed by atoms with Crippen LogP contribution in [0.5, 0.6) is 5.75 Å². The molecule has 0 aliphatic heterocycles. The fraction of sp³-hybridized carbons (Fsp3) is 0.125. The van der Waals surface area contributed by atoms with Gasteiger partial charge in [0, 0.05) is 10.8 Å². The predicted molar refractivity (Wildman–Crippen MR) is 126 cm³/mol. The molecule has 0 aliphatic carbocycles. The number of alkyl halides is 3. The average molecular weight is 490 g/mol. The van der Waals surface area contributed by atoms with Gasteiger partial charge in [-0.3, -0.25) is 0 Å². The summed E-state index contributed by atoms with van der Waals surface area (Å²) in [4.78, 5) is 0. The first-order valence-corrected chi connectivity index (χ1v) is 11.0. The fourth-order valence-electron chi connectivity index (χ4n) is 3.63. The van der Waals surface area contributed by atoms with Gasteiger partial charge >= 0.3 is 15.6 Å². The summed E-state index contributed by atoms with van der Waals surface area (Å²) < 4.78 is 67.8. The Morgan fingerprint density at radius 2 is 1.55 bits per heavy atom. The number of hydrogen-bond acceptors (Lipinski definition) is 4. The maximum atomic E-state index is 13.1. The summed E-state index contributed by atoms with van der Waals surface area (Å²) >= 11 is 0. The molecule has 0 spiro atoms. The molecular formula is C24H18F3NO3S2. The third-order valence-electron chi connectivity index (χ3n) is 5.17. The lowest BCUT2D eigenvalue weighted by atomic mass is 9.95. The molecule has 0 saturated carbocycles. The van der Waals surface area contributed by atoms with Gasteiger partial charge in [-0.25, -0.2) is 0 Å². The van der Waals surface area contributed by atoms with Gasteiger partial charge in [-0.1, -0.05) is 54.6 Å². The topological polar surface area (TPSA) is 67.2 Å². The fourth-order valence-corrected chi connectivity index (χ4v) is 4.11. The van der Waals surface area contributed by atoms with Crippen LogP contribution in [-0.2, 0) is 23.0 Å². The molecule has 0 heterocycles.